The number of phenols is 4. The van der Waals surface area contributed by atoms with Crippen LogP contribution in [0.2, 0.25) is 0 Å². The first-order valence-electron chi connectivity index (χ1n) is 6.95. The molecule has 1 aliphatic rings. The fraction of sp³-hybridized carbons (Fsp3) is 0.0667. The average molecular weight is 366 g/mol. The van der Waals surface area contributed by atoms with Gasteiger partial charge >= 0.3 is 10.1 Å². The minimum Gasteiger partial charge on any atom is -0.506 e. The van der Waals surface area contributed by atoms with E-state index in [9.17, 15) is 33.4 Å². The molecule has 0 atom stereocenters. The minimum absolute atomic E-state index is 0.0962. The quantitative estimate of drug-likeness (QED) is 0.511. The highest BCUT2D eigenvalue weighted by Gasteiger charge is 2.35. The fourth-order valence-electron chi connectivity index (χ4n) is 2.60. The Morgan fingerprint density at radius 2 is 1.24 bits per heavy atom. The molecular weight excluding hydrogens is 352 g/mol. The number of anilines is 2. The molecule has 1 heterocycles. The van der Waals surface area contributed by atoms with Crippen LogP contribution in [0.3, 0.4) is 0 Å². The summed E-state index contributed by atoms with van der Waals surface area (Å²) in [7, 11) is -4.74. The van der Waals surface area contributed by atoms with E-state index in [0.29, 0.717) is 0 Å². The second-order valence-electron chi connectivity index (χ2n) is 5.27. The highest BCUT2D eigenvalue weighted by atomic mass is 32.2. The van der Waals surface area contributed by atoms with Crippen molar-refractivity contribution in [1.29, 1.82) is 0 Å². The standard InChI is InChI=1S/C15H14N2O7S/c18-9-3-1-4-10(19)14(9)16-7-13(25(22,23)24)17(8-16)15-11(20)5-2-6-12(15)21/h1-7,18-21H,8H2,(H,22,23,24). The van der Waals surface area contributed by atoms with Crippen LogP contribution in [0.5, 0.6) is 23.0 Å². The van der Waals surface area contributed by atoms with Crippen molar-refractivity contribution in [3.63, 3.8) is 0 Å². The van der Waals surface area contributed by atoms with E-state index in [2.05, 4.69) is 0 Å². The van der Waals surface area contributed by atoms with Gasteiger partial charge in [0.1, 0.15) is 41.0 Å². The van der Waals surface area contributed by atoms with Crippen LogP contribution in [0.4, 0.5) is 11.4 Å². The molecule has 0 aliphatic carbocycles. The monoisotopic (exact) mass is 366 g/mol. The second-order valence-corrected chi connectivity index (χ2v) is 6.64. The molecule has 0 saturated carbocycles. The van der Waals surface area contributed by atoms with Crippen LogP contribution in [0, 0.1) is 0 Å². The Bertz CT molecular complexity index is 931. The van der Waals surface area contributed by atoms with Gasteiger partial charge in [-0.1, -0.05) is 12.1 Å². The molecule has 0 bridgehead atoms. The van der Waals surface area contributed by atoms with Crippen LogP contribution in [-0.4, -0.2) is 40.1 Å². The minimum atomic E-state index is -4.74. The van der Waals surface area contributed by atoms with E-state index in [4.69, 9.17) is 0 Å². The van der Waals surface area contributed by atoms with Crippen LogP contribution in [0.15, 0.2) is 47.6 Å². The van der Waals surface area contributed by atoms with E-state index in [0.717, 1.165) is 16.0 Å². The maximum Gasteiger partial charge on any atom is 0.311 e. The molecule has 2 aromatic carbocycles. The summed E-state index contributed by atoms with van der Waals surface area (Å²) in [6.45, 7) is -0.314. The average Bonchev–Trinajstić information content (AvgIpc) is 2.91. The van der Waals surface area contributed by atoms with Crippen molar-refractivity contribution in [1.82, 2.24) is 0 Å². The Morgan fingerprint density at radius 3 is 1.68 bits per heavy atom. The number of benzene rings is 2. The smallest absolute Gasteiger partial charge is 0.311 e. The molecule has 0 aromatic heterocycles. The molecule has 5 N–H and O–H groups in total. The third kappa shape index (κ3) is 2.88. The molecule has 0 radical (unpaired) electrons. The third-order valence-electron chi connectivity index (χ3n) is 3.63. The van der Waals surface area contributed by atoms with Gasteiger partial charge in [0.05, 0.1) is 0 Å². The maximum absolute atomic E-state index is 11.7. The first-order chi connectivity index (χ1) is 11.7. The van der Waals surface area contributed by atoms with Crippen molar-refractivity contribution in [2.24, 2.45) is 0 Å². The van der Waals surface area contributed by atoms with Crippen LogP contribution in [0.25, 0.3) is 0 Å². The van der Waals surface area contributed by atoms with Gasteiger partial charge < -0.3 is 30.2 Å². The zero-order valence-electron chi connectivity index (χ0n) is 12.6. The largest absolute Gasteiger partial charge is 0.506 e. The zero-order chi connectivity index (χ0) is 18.4. The Hall–Kier alpha value is -3.11. The number of aromatic hydroxyl groups is 4. The first-order valence-corrected chi connectivity index (χ1v) is 8.39. The maximum atomic E-state index is 11.7. The molecule has 132 valence electrons. The molecule has 25 heavy (non-hydrogen) atoms. The van der Waals surface area contributed by atoms with Crippen LogP contribution in [-0.2, 0) is 10.1 Å². The van der Waals surface area contributed by atoms with Crippen molar-refractivity contribution in [3.8, 4) is 23.0 Å². The lowest BCUT2D eigenvalue weighted by Crippen LogP contribution is -2.29. The number of nitrogens with zero attached hydrogens (tertiary/aromatic N) is 2. The van der Waals surface area contributed by atoms with Gasteiger partial charge in [0.25, 0.3) is 0 Å². The second kappa shape index (κ2) is 5.76. The molecular formula is C15H14N2O7S. The summed E-state index contributed by atoms with van der Waals surface area (Å²) >= 11 is 0. The SMILES string of the molecule is O=S(=O)(O)C1=CN(c2c(O)cccc2O)CN1c1c(O)cccc1O. The van der Waals surface area contributed by atoms with Crippen molar-refractivity contribution in [2.75, 3.05) is 16.5 Å². The van der Waals surface area contributed by atoms with E-state index >= 15 is 0 Å². The first kappa shape index (κ1) is 16.7. The molecule has 0 spiro atoms. The number of hydrogen-bond acceptors (Lipinski definition) is 8. The van der Waals surface area contributed by atoms with Crippen LogP contribution < -0.4 is 9.80 Å². The van der Waals surface area contributed by atoms with Crippen molar-refractivity contribution < 1.29 is 33.4 Å². The highest BCUT2D eigenvalue weighted by molar-refractivity contribution is 7.90. The molecule has 10 heteroatoms. The fourth-order valence-corrected chi connectivity index (χ4v) is 3.29. The van der Waals surface area contributed by atoms with Gasteiger partial charge in [-0.15, -0.1) is 0 Å². The van der Waals surface area contributed by atoms with E-state index in [1.54, 1.807) is 0 Å². The molecule has 1 aliphatic heterocycles. The summed E-state index contributed by atoms with van der Waals surface area (Å²) in [6.07, 6.45) is 0.968. The van der Waals surface area contributed by atoms with Gasteiger partial charge in [-0.25, -0.2) is 0 Å². The van der Waals surface area contributed by atoms with Gasteiger partial charge in [-0.2, -0.15) is 8.42 Å². The molecule has 3 rings (SSSR count). The van der Waals surface area contributed by atoms with Crippen molar-refractivity contribution in [2.45, 2.75) is 0 Å². The number of hydrogen-bond donors (Lipinski definition) is 5. The molecule has 0 amide bonds. The Balaban J connectivity index is 2.15. The predicted octanol–water partition coefficient (Wildman–Crippen LogP) is 1.48. The molecule has 2 aromatic rings. The molecule has 0 unspecified atom stereocenters. The summed E-state index contributed by atoms with van der Waals surface area (Å²) < 4.78 is 32.9. The number of rotatable bonds is 3. The Morgan fingerprint density at radius 1 is 0.800 bits per heavy atom. The van der Waals surface area contributed by atoms with Crippen molar-refractivity contribution in [3.05, 3.63) is 47.6 Å². The molecule has 0 fully saturated rings. The van der Waals surface area contributed by atoms with Gasteiger partial charge in [0, 0.05) is 6.20 Å². The van der Waals surface area contributed by atoms with E-state index in [-0.39, 0.29) is 29.5 Å². The summed E-state index contributed by atoms with van der Waals surface area (Å²) in [5.74, 6) is -1.49. The van der Waals surface area contributed by atoms with E-state index in [1.807, 2.05) is 0 Å². The summed E-state index contributed by atoms with van der Waals surface area (Å²) in [5.41, 5.74) is -0.343. The predicted molar refractivity (Wildman–Crippen MR) is 89.0 cm³/mol. The Labute approximate surface area is 142 Å². The summed E-state index contributed by atoms with van der Waals surface area (Å²) in [6, 6.07) is 7.79. The topological polar surface area (TPSA) is 142 Å². The number of para-hydroxylation sites is 2. The van der Waals surface area contributed by atoms with Crippen molar-refractivity contribution >= 4 is 21.5 Å². The summed E-state index contributed by atoms with van der Waals surface area (Å²) in [4.78, 5) is 2.09. The zero-order valence-corrected chi connectivity index (χ0v) is 13.4. The Kier molecular flexibility index (Phi) is 3.85. The highest BCUT2D eigenvalue weighted by Crippen LogP contribution is 2.44. The lowest BCUT2D eigenvalue weighted by atomic mass is 10.2. The number of phenolic OH excluding ortho intramolecular Hbond substituents is 4. The van der Waals surface area contributed by atoms with Gasteiger partial charge in [-0.05, 0) is 24.3 Å². The van der Waals surface area contributed by atoms with Gasteiger partial charge in [0.15, 0.2) is 5.03 Å². The van der Waals surface area contributed by atoms with E-state index in [1.165, 1.54) is 36.4 Å². The third-order valence-corrected chi connectivity index (χ3v) is 4.49. The van der Waals surface area contributed by atoms with Gasteiger partial charge in [0.2, 0.25) is 0 Å². The normalized spacial score (nSPS) is 14.7. The summed E-state index contributed by atoms with van der Waals surface area (Å²) in [5, 5.41) is 39.2. The van der Waals surface area contributed by atoms with E-state index < -0.39 is 26.6 Å². The molecule has 9 nitrogen and oxygen atoms in total. The van der Waals surface area contributed by atoms with Crippen LogP contribution in [0.1, 0.15) is 0 Å². The lowest BCUT2D eigenvalue weighted by molar-refractivity contribution is 0.449. The van der Waals surface area contributed by atoms with Gasteiger partial charge in [-0.3, -0.25) is 4.55 Å². The molecule has 0 saturated heterocycles. The van der Waals surface area contributed by atoms with Crippen LogP contribution >= 0.6 is 0 Å². The lowest BCUT2D eigenvalue weighted by Gasteiger charge is -2.24.